The molecule has 0 fully saturated rings. The number of aromatic nitrogens is 7. The molecular formula is C22H15FN8O3. The van der Waals surface area contributed by atoms with Crippen LogP contribution in [0.15, 0.2) is 54.9 Å². The molecule has 3 N–H and O–H groups in total. The summed E-state index contributed by atoms with van der Waals surface area (Å²) >= 11 is 0. The topological polar surface area (TPSA) is 155 Å². The van der Waals surface area contributed by atoms with Crippen LogP contribution >= 0.6 is 0 Å². The van der Waals surface area contributed by atoms with Gasteiger partial charge in [-0.15, -0.1) is 10.2 Å². The van der Waals surface area contributed by atoms with Crippen LogP contribution in [0.2, 0.25) is 0 Å². The standard InChI is InChI=1S/C22H15FN8O3/c1-11-15(9-25-20(26-11)12-4-2-5-13(23)8-12)22(33)34-31-10-16(19(24)32)18-14(6-3-7-17(18)31)21-27-29-30-28-21/h2-10H,1H3,(H2,24,32)(H,27,28,29,30). The van der Waals surface area contributed by atoms with E-state index in [1.54, 1.807) is 37.3 Å². The molecule has 0 unspecified atom stereocenters. The first-order valence-electron chi connectivity index (χ1n) is 9.92. The second-order valence-electron chi connectivity index (χ2n) is 7.25. The molecule has 12 heteroatoms. The first-order chi connectivity index (χ1) is 16.4. The number of nitrogens with one attached hydrogen (secondary N) is 1. The van der Waals surface area contributed by atoms with Crippen LogP contribution in [0, 0.1) is 12.7 Å². The summed E-state index contributed by atoms with van der Waals surface area (Å²) in [5.74, 6) is -1.40. The minimum absolute atomic E-state index is 0.0944. The Morgan fingerprint density at radius 1 is 1.12 bits per heavy atom. The molecule has 0 aliphatic rings. The number of halogens is 1. The normalized spacial score (nSPS) is 11.0. The Labute approximate surface area is 190 Å². The Balaban J connectivity index is 1.52. The second kappa shape index (κ2) is 8.16. The van der Waals surface area contributed by atoms with Crippen molar-refractivity contribution in [1.82, 2.24) is 35.3 Å². The van der Waals surface area contributed by atoms with E-state index >= 15 is 0 Å². The zero-order chi connectivity index (χ0) is 23.8. The molecule has 3 heterocycles. The van der Waals surface area contributed by atoms with Gasteiger partial charge in [-0.25, -0.2) is 19.2 Å². The van der Waals surface area contributed by atoms with E-state index in [0.29, 0.717) is 27.7 Å². The maximum atomic E-state index is 13.5. The number of H-pyrrole nitrogens is 1. The summed E-state index contributed by atoms with van der Waals surface area (Å²) in [6.07, 6.45) is 2.61. The predicted molar refractivity (Wildman–Crippen MR) is 117 cm³/mol. The van der Waals surface area contributed by atoms with Crippen molar-refractivity contribution in [3.8, 4) is 22.8 Å². The molecule has 0 aliphatic heterocycles. The molecule has 0 saturated carbocycles. The van der Waals surface area contributed by atoms with E-state index in [0.717, 1.165) is 4.73 Å². The van der Waals surface area contributed by atoms with E-state index in [4.69, 9.17) is 10.6 Å². The van der Waals surface area contributed by atoms with Gasteiger partial charge in [0.15, 0.2) is 5.82 Å². The molecule has 0 radical (unpaired) electrons. The maximum Gasteiger partial charge on any atom is 0.366 e. The molecule has 5 rings (SSSR count). The number of aryl methyl sites for hydroxylation is 1. The van der Waals surface area contributed by atoms with Crippen molar-refractivity contribution < 1.29 is 18.8 Å². The SMILES string of the molecule is Cc1nc(-c2cccc(F)c2)ncc1C(=O)On1cc(C(N)=O)c2c(-c3nn[nH]n3)cccc21. The molecule has 1 amide bonds. The number of hydrogen-bond acceptors (Lipinski definition) is 8. The molecule has 0 spiro atoms. The van der Waals surface area contributed by atoms with Gasteiger partial charge in [0.25, 0.3) is 5.91 Å². The zero-order valence-corrected chi connectivity index (χ0v) is 17.6. The number of primary amides is 1. The molecule has 3 aromatic heterocycles. The van der Waals surface area contributed by atoms with Crippen LogP contribution in [-0.4, -0.2) is 47.2 Å². The first-order valence-corrected chi connectivity index (χ1v) is 9.92. The summed E-state index contributed by atoms with van der Waals surface area (Å²) in [6.45, 7) is 1.61. The van der Waals surface area contributed by atoms with Gasteiger partial charge >= 0.3 is 5.97 Å². The van der Waals surface area contributed by atoms with Crippen molar-refractivity contribution in [2.24, 2.45) is 5.73 Å². The van der Waals surface area contributed by atoms with Gasteiger partial charge in [0.2, 0.25) is 5.82 Å². The molecule has 34 heavy (non-hydrogen) atoms. The molecule has 0 bridgehead atoms. The lowest BCUT2D eigenvalue weighted by molar-refractivity contribution is 0.0479. The number of hydrogen-bond donors (Lipinski definition) is 2. The lowest BCUT2D eigenvalue weighted by Crippen LogP contribution is -2.21. The number of rotatable bonds is 5. The van der Waals surface area contributed by atoms with E-state index in [1.807, 2.05) is 0 Å². The second-order valence-corrected chi connectivity index (χ2v) is 7.25. The van der Waals surface area contributed by atoms with Crippen LogP contribution in [0.25, 0.3) is 33.7 Å². The van der Waals surface area contributed by atoms with Crippen molar-refractivity contribution in [1.29, 1.82) is 0 Å². The highest BCUT2D eigenvalue weighted by atomic mass is 19.1. The third kappa shape index (κ3) is 3.62. The van der Waals surface area contributed by atoms with Gasteiger partial charge in [0, 0.05) is 22.7 Å². The van der Waals surface area contributed by atoms with Gasteiger partial charge in [-0.3, -0.25) is 4.79 Å². The molecule has 5 aromatic rings. The maximum absolute atomic E-state index is 13.5. The molecule has 0 saturated heterocycles. The van der Waals surface area contributed by atoms with Crippen LogP contribution in [0.5, 0.6) is 0 Å². The highest BCUT2D eigenvalue weighted by molar-refractivity contribution is 6.11. The van der Waals surface area contributed by atoms with Crippen LogP contribution in [0.1, 0.15) is 26.4 Å². The van der Waals surface area contributed by atoms with Crippen molar-refractivity contribution in [3.05, 3.63) is 77.5 Å². The van der Waals surface area contributed by atoms with Crippen molar-refractivity contribution >= 4 is 22.8 Å². The fourth-order valence-electron chi connectivity index (χ4n) is 3.56. The van der Waals surface area contributed by atoms with E-state index in [2.05, 4.69) is 30.6 Å². The van der Waals surface area contributed by atoms with Crippen LogP contribution in [0.4, 0.5) is 4.39 Å². The van der Waals surface area contributed by atoms with Crippen LogP contribution < -0.4 is 10.6 Å². The summed E-state index contributed by atoms with van der Waals surface area (Å²) in [6, 6.07) is 10.8. The number of nitrogens with two attached hydrogens (primary N) is 1. The highest BCUT2D eigenvalue weighted by Gasteiger charge is 2.22. The summed E-state index contributed by atoms with van der Waals surface area (Å²) in [4.78, 5) is 39.0. The summed E-state index contributed by atoms with van der Waals surface area (Å²) in [5.41, 5.74) is 7.44. The number of benzene rings is 2. The highest BCUT2D eigenvalue weighted by Crippen LogP contribution is 2.30. The molecule has 168 valence electrons. The number of nitrogens with zero attached hydrogens (tertiary/aromatic N) is 6. The van der Waals surface area contributed by atoms with Gasteiger partial charge in [-0.2, -0.15) is 9.94 Å². The van der Waals surface area contributed by atoms with Crippen molar-refractivity contribution in [2.75, 3.05) is 0 Å². The fourth-order valence-corrected chi connectivity index (χ4v) is 3.56. The number of tetrazole rings is 1. The van der Waals surface area contributed by atoms with Crippen molar-refractivity contribution in [3.63, 3.8) is 0 Å². The van der Waals surface area contributed by atoms with E-state index in [-0.39, 0.29) is 22.8 Å². The average molecular weight is 458 g/mol. The van der Waals surface area contributed by atoms with Gasteiger partial charge in [0.05, 0.1) is 23.0 Å². The van der Waals surface area contributed by atoms with Gasteiger partial charge in [0.1, 0.15) is 11.4 Å². The predicted octanol–water partition coefficient (Wildman–Crippen LogP) is 2.09. The minimum Gasteiger partial charge on any atom is -0.366 e. The third-order valence-corrected chi connectivity index (χ3v) is 5.11. The van der Waals surface area contributed by atoms with Crippen LogP contribution in [-0.2, 0) is 0 Å². The first kappa shape index (κ1) is 20.9. The third-order valence-electron chi connectivity index (χ3n) is 5.11. The Morgan fingerprint density at radius 2 is 1.94 bits per heavy atom. The number of carbonyl (C=O) groups is 2. The Bertz CT molecular complexity index is 1560. The summed E-state index contributed by atoms with van der Waals surface area (Å²) < 4.78 is 14.7. The van der Waals surface area contributed by atoms with Crippen molar-refractivity contribution in [2.45, 2.75) is 6.92 Å². The lowest BCUT2D eigenvalue weighted by atomic mass is 10.1. The molecule has 0 aliphatic carbocycles. The number of aromatic amines is 1. The number of carbonyl (C=O) groups excluding carboxylic acids is 2. The van der Waals surface area contributed by atoms with E-state index in [1.165, 1.54) is 24.5 Å². The summed E-state index contributed by atoms with van der Waals surface area (Å²) in [5, 5.41) is 14.2. The molecule has 0 atom stereocenters. The number of amides is 1. The lowest BCUT2D eigenvalue weighted by Gasteiger charge is -2.09. The van der Waals surface area contributed by atoms with Gasteiger partial charge < -0.3 is 10.6 Å². The summed E-state index contributed by atoms with van der Waals surface area (Å²) in [7, 11) is 0. The fraction of sp³-hybridized carbons (Fsp3) is 0.0455. The molecule has 11 nitrogen and oxygen atoms in total. The van der Waals surface area contributed by atoms with Gasteiger partial charge in [-0.1, -0.05) is 24.3 Å². The Hall–Kier alpha value is -5.00. The number of fused-ring (bicyclic) bond motifs is 1. The Kier molecular flexibility index (Phi) is 5.01. The Morgan fingerprint density at radius 3 is 2.65 bits per heavy atom. The van der Waals surface area contributed by atoms with Gasteiger partial charge in [-0.05, 0) is 30.3 Å². The monoisotopic (exact) mass is 458 g/mol. The quantitative estimate of drug-likeness (QED) is 0.406. The smallest absolute Gasteiger partial charge is 0.366 e. The van der Waals surface area contributed by atoms with Crippen LogP contribution in [0.3, 0.4) is 0 Å². The minimum atomic E-state index is -0.763. The molecule has 2 aromatic carbocycles. The average Bonchev–Trinajstić information content (AvgIpc) is 3.48. The largest absolute Gasteiger partial charge is 0.366 e. The zero-order valence-electron chi connectivity index (χ0n) is 17.6. The van der Waals surface area contributed by atoms with E-state index < -0.39 is 17.7 Å². The molecular weight excluding hydrogens is 443 g/mol. The van der Waals surface area contributed by atoms with E-state index in [9.17, 15) is 14.0 Å².